The molecule has 508 valence electrons. The van der Waals surface area contributed by atoms with Gasteiger partial charge in [-0.2, -0.15) is 0 Å². The van der Waals surface area contributed by atoms with Gasteiger partial charge in [0.1, 0.15) is 33.5 Å². The van der Waals surface area contributed by atoms with Crippen LogP contribution in [0.15, 0.2) is 226 Å². The molecule has 0 atom stereocenters. The minimum absolute atomic E-state index is 0.281. The molecule has 3 aromatic heterocycles. The Hall–Kier alpha value is -10.2. The summed E-state index contributed by atoms with van der Waals surface area (Å²) < 4.78 is 21.6. The molecular weight excluding hydrogens is 1250 g/mol. The summed E-state index contributed by atoms with van der Waals surface area (Å²) in [6, 6.07) is 81.2. The summed E-state index contributed by atoms with van der Waals surface area (Å²) in [5.41, 5.74) is 36.8. The van der Waals surface area contributed by atoms with Crippen molar-refractivity contribution >= 4 is 82.9 Å². The lowest BCUT2D eigenvalue weighted by Crippen LogP contribution is -2.26. The van der Waals surface area contributed by atoms with E-state index < -0.39 is 10.8 Å². The van der Waals surface area contributed by atoms with Crippen LogP contribution in [-0.4, -0.2) is 0 Å². The van der Waals surface area contributed by atoms with Gasteiger partial charge in [-0.25, -0.2) is 0 Å². The van der Waals surface area contributed by atoms with Gasteiger partial charge in [-0.05, 0) is 179 Å². The number of hydrogen-bond donors (Lipinski definition) is 0. The summed E-state index contributed by atoms with van der Waals surface area (Å²) in [4.78, 5) is 2.67. The molecule has 0 bridgehead atoms. The van der Waals surface area contributed by atoms with Crippen molar-refractivity contribution in [3.8, 4) is 66.8 Å². The van der Waals surface area contributed by atoms with Crippen LogP contribution in [0.3, 0.4) is 0 Å². The van der Waals surface area contributed by atoms with Crippen LogP contribution in [0.2, 0.25) is 0 Å². The molecule has 0 aliphatic heterocycles. The third kappa shape index (κ3) is 8.47. The Morgan fingerprint density at radius 2 is 0.641 bits per heavy atom. The molecule has 0 radical (unpaired) electrons. The number of unbranched alkanes of at least 4 members (excludes halogenated alkanes) is 8. The summed E-state index contributed by atoms with van der Waals surface area (Å²) in [7, 11) is 0. The molecular formula is C99H89NO3. The Balaban J connectivity index is 0.853. The van der Waals surface area contributed by atoms with Crippen LogP contribution in [0.4, 0.5) is 17.1 Å². The summed E-state index contributed by atoms with van der Waals surface area (Å²) in [6.45, 7) is 24.5. The van der Waals surface area contributed by atoms with E-state index in [1.807, 2.05) is 0 Å². The molecule has 12 aromatic carbocycles. The number of fused-ring (bicyclic) bond motifs is 31. The largest absolute Gasteiger partial charge is 0.455 e. The second kappa shape index (κ2) is 22.4. The maximum atomic E-state index is 7.21. The van der Waals surface area contributed by atoms with Gasteiger partial charge in [0.2, 0.25) is 0 Å². The fraction of sp³-hybridized carbons (Fsp3) is 0.273. The normalized spacial score (nSPS) is 15.9. The first-order valence-electron chi connectivity index (χ1n) is 38.6. The number of nitrogens with zero attached hydrogens (tertiary/aromatic N) is 1. The topological polar surface area (TPSA) is 42.7 Å². The molecule has 20 rings (SSSR count). The molecule has 0 saturated heterocycles. The van der Waals surface area contributed by atoms with Gasteiger partial charge in [0, 0.05) is 93.1 Å². The van der Waals surface area contributed by atoms with E-state index >= 15 is 0 Å². The lowest BCUT2D eigenvalue weighted by Gasteiger charge is -2.35. The summed E-state index contributed by atoms with van der Waals surface area (Å²) in [5.74, 6) is 0. The van der Waals surface area contributed by atoms with Crippen molar-refractivity contribution in [2.75, 3.05) is 4.90 Å². The van der Waals surface area contributed by atoms with Gasteiger partial charge < -0.3 is 18.2 Å². The summed E-state index contributed by atoms with van der Waals surface area (Å²) in [6.07, 6.45) is 14.3. The quantitative estimate of drug-likeness (QED) is 0.0904. The van der Waals surface area contributed by atoms with Crippen LogP contribution in [0.1, 0.15) is 202 Å². The van der Waals surface area contributed by atoms with Gasteiger partial charge >= 0.3 is 0 Å². The smallest absolute Gasteiger partial charge is 0.144 e. The standard InChI is InChI=1S/C99H89NO3/c1-11-13-15-17-32-52-99(53-33-18-16-14-12-2)75-56-61(48-51-66(75)80-76(99)57-70(58-34-20-19-21-35-58)92-83(80)67-38-24-29-43-77(67)101-92)100(59-46-49-64-73(54-59)97(7,8)88-81(64)84-68-39-25-30-44-78(68)102-93(84)86-62-36-22-27-41-71(62)95(3,4)90(86)88)60-47-50-65-74(55-60)98(9,10)89-82(65)85-69-40-26-31-45-79(69)103-94(85)87-63-37-23-28-42-72(63)96(5,6)91(87)89/h19-31,34-51,54-57H,11-18,32-33,52-53H2,1-10H3. The maximum Gasteiger partial charge on any atom is 0.144 e. The third-order valence-electron chi connectivity index (χ3n) is 26.0. The highest BCUT2D eigenvalue weighted by atomic mass is 16.3. The molecule has 0 unspecified atom stereocenters. The zero-order chi connectivity index (χ0) is 69.8. The lowest BCUT2D eigenvalue weighted by atomic mass is 9.70. The number of anilines is 3. The van der Waals surface area contributed by atoms with Crippen molar-refractivity contribution in [3.05, 3.63) is 268 Å². The van der Waals surface area contributed by atoms with E-state index in [2.05, 4.69) is 286 Å². The molecule has 0 fully saturated rings. The van der Waals surface area contributed by atoms with Gasteiger partial charge in [0.25, 0.3) is 0 Å². The van der Waals surface area contributed by atoms with Gasteiger partial charge in [-0.3, -0.25) is 0 Å². The zero-order valence-corrected chi connectivity index (χ0v) is 61.4. The minimum atomic E-state index is -0.410. The first-order chi connectivity index (χ1) is 50.1. The highest BCUT2D eigenvalue weighted by Gasteiger charge is 2.52. The van der Waals surface area contributed by atoms with E-state index in [0.717, 1.165) is 70.6 Å². The van der Waals surface area contributed by atoms with E-state index in [1.165, 1.54) is 212 Å². The van der Waals surface area contributed by atoms with Crippen molar-refractivity contribution in [3.63, 3.8) is 0 Å². The van der Waals surface area contributed by atoms with E-state index in [1.54, 1.807) is 0 Å². The molecule has 5 aliphatic rings. The average molecular weight is 1340 g/mol. The Kier molecular flexibility index (Phi) is 13.6. The Morgan fingerprint density at radius 3 is 1.11 bits per heavy atom. The first-order valence-corrected chi connectivity index (χ1v) is 38.6. The van der Waals surface area contributed by atoms with Crippen molar-refractivity contribution < 1.29 is 13.3 Å². The van der Waals surface area contributed by atoms with E-state index in [4.69, 9.17) is 13.3 Å². The van der Waals surface area contributed by atoms with E-state index in [0.29, 0.717) is 0 Å². The molecule has 5 aliphatic carbocycles. The second-order valence-corrected chi connectivity index (χ2v) is 33.1. The highest BCUT2D eigenvalue weighted by Crippen LogP contribution is 2.67. The fourth-order valence-corrected chi connectivity index (χ4v) is 21.3. The van der Waals surface area contributed by atoms with Crippen LogP contribution in [-0.2, 0) is 27.1 Å². The molecule has 4 heteroatoms. The number of para-hydroxylation sites is 3. The van der Waals surface area contributed by atoms with Gasteiger partial charge in [-0.15, -0.1) is 0 Å². The average Bonchev–Trinajstić information content (AvgIpc) is 1.51. The molecule has 15 aromatic rings. The predicted octanol–water partition coefficient (Wildman–Crippen LogP) is 28.7. The third-order valence-corrected chi connectivity index (χ3v) is 26.0. The van der Waals surface area contributed by atoms with Crippen molar-refractivity contribution in [2.24, 2.45) is 0 Å². The Morgan fingerprint density at radius 1 is 0.282 bits per heavy atom. The maximum absolute atomic E-state index is 7.21. The van der Waals surface area contributed by atoms with Crippen LogP contribution < -0.4 is 4.90 Å². The summed E-state index contributed by atoms with van der Waals surface area (Å²) >= 11 is 0. The number of hydrogen-bond acceptors (Lipinski definition) is 4. The number of benzene rings is 12. The molecule has 0 spiro atoms. The minimum Gasteiger partial charge on any atom is -0.455 e. The molecule has 4 nitrogen and oxygen atoms in total. The monoisotopic (exact) mass is 1340 g/mol. The van der Waals surface area contributed by atoms with Gasteiger partial charge in [0.05, 0.1) is 0 Å². The van der Waals surface area contributed by atoms with Crippen LogP contribution >= 0.6 is 0 Å². The van der Waals surface area contributed by atoms with Crippen LogP contribution in [0.5, 0.6) is 0 Å². The SMILES string of the molecule is CCCCCCCC1(CCCCCCC)c2cc(N(c3ccc4c(c3)C(C)(C)c3c5c(c6oc7ccccc7c6c3-4)-c3ccccc3C5(C)C)c3ccc4c(c3)C(C)(C)c3c5c(c6oc7ccccc7c6c3-4)-c3ccccc3C5(C)C)ccc2-c2c1cc(-c1ccccc1)c1oc3ccccc3c21. The highest BCUT2D eigenvalue weighted by molar-refractivity contribution is 6.23. The van der Waals surface area contributed by atoms with Crippen molar-refractivity contribution in [2.45, 2.75) is 173 Å². The predicted molar refractivity (Wildman–Crippen MR) is 432 cm³/mol. The molecule has 0 saturated carbocycles. The fourth-order valence-electron chi connectivity index (χ4n) is 21.3. The van der Waals surface area contributed by atoms with Crippen molar-refractivity contribution in [1.29, 1.82) is 0 Å². The first kappa shape index (κ1) is 62.6. The molecule has 103 heavy (non-hydrogen) atoms. The Bertz CT molecular complexity index is 5850. The van der Waals surface area contributed by atoms with E-state index in [-0.39, 0.29) is 16.2 Å². The summed E-state index contributed by atoms with van der Waals surface area (Å²) in [5, 5.41) is 7.21. The number of furan rings is 3. The lowest BCUT2D eigenvalue weighted by molar-refractivity contribution is 0.399. The molecule has 0 N–H and O–H groups in total. The van der Waals surface area contributed by atoms with Gasteiger partial charge in [0.15, 0.2) is 0 Å². The van der Waals surface area contributed by atoms with Gasteiger partial charge in [-0.1, -0.05) is 285 Å². The van der Waals surface area contributed by atoms with Crippen LogP contribution in [0.25, 0.3) is 133 Å². The van der Waals surface area contributed by atoms with Crippen molar-refractivity contribution in [1.82, 2.24) is 0 Å². The Labute approximate surface area is 605 Å². The zero-order valence-electron chi connectivity index (χ0n) is 61.4. The number of rotatable bonds is 16. The van der Waals surface area contributed by atoms with Crippen LogP contribution in [0, 0.1) is 0 Å². The second-order valence-electron chi connectivity index (χ2n) is 33.1. The van der Waals surface area contributed by atoms with E-state index in [9.17, 15) is 0 Å². The molecule has 3 heterocycles. The molecule has 0 amide bonds.